The number of carboxylic acids is 1. The Morgan fingerprint density at radius 2 is 1.96 bits per heavy atom. The first kappa shape index (κ1) is 17.4. The van der Waals surface area contributed by atoms with Crippen molar-refractivity contribution in [1.29, 1.82) is 0 Å². The third-order valence-electron chi connectivity index (χ3n) is 3.78. The number of furan rings is 1. The van der Waals surface area contributed by atoms with E-state index in [2.05, 4.69) is 0 Å². The number of hydrogen-bond donors (Lipinski definition) is 1. The lowest BCUT2D eigenvalue weighted by atomic mass is 10.1. The number of carbonyl (C=O) groups excluding carboxylic acids is 1. The van der Waals surface area contributed by atoms with Crippen LogP contribution >= 0.6 is 24.0 Å². The summed E-state index contributed by atoms with van der Waals surface area (Å²) in [6.07, 6.45) is 0.471. The topological polar surface area (TPSA) is 70.8 Å². The summed E-state index contributed by atoms with van der Waals surface area (Å²) in [5.41, 5.74) is 0.716. The molecule has 23 heavy (non-hydrogen) atoms. The van der Waals surface area contributed by atoms with E-state index in [9.17, 15) is 9.59 Å². The van der Waals surface area contributed by atoms with Crippen LogP contribution in [0.15, 0.2) is 40.8 Å². The maximum Gasteiger partial charge on any atom is 0.308 e. The van der Waals surface area contributed by atoms with Gasteiger partial charge in [0, 0.05) is 18.7 Å². The van der Waals surface area contributed by atoms with Crippen LogP contribution in [-0.2, 0) is 4.79 Å². The zero-order valence-electron chi connectivity index (χ0n) is 12.1. The van der Waals surface area contributed by atoms with E-state index in [1.165, 1.54) is 4.90 Å². The summed E-state index contributed by atoms with van der Waals surface area (Å²) in [6, 6.07) is 10.5. The molecule has 0 bridgehead atoms. The molecule has 1 aliphatic heterocycles. The highest BCUT2D eigenvalue weighted by molar-refractivity contribution is 6.33. The molecule has 122 valence electrons. The minimum absolute atomic E-state index is 0. The van der Waals surface area contributed by atoms with Crippen molar-refractivity contribution < 1.29 is 19.1 Å². The first-order valence-corrected chi connectivity index (χ1v) is 7.31. The Labute approximate surface area is 144 Å². The van der Waals surface area contributed by atoms with Crippen LogP contribution < -0.4 is 0 Å². The summed E-state index contributed by atoms with van der Waals surface area (Å²) in [6.45, 7) is 0.647. The standard InChI is InChI=1S/C16H14ClNO4.ClH/c17-12-4-2-1-3-11(12)13-5-6-14(22-13)15(19)18-8-7-10(9-18)16(20)21;/h1-6,10H,7-9H2,(H,20,21);1H. The molecule has 1 N–H and O–H groups in total. The van der Waals surface area contributed by atoms with E-state index in [0.717, 1.165) is 0 Å². The smallest absolute Gasteiger partial charge is 0.308 e. The number of rotatable bonds is 3. The molecule has 1 saturated heterocycles. The van der Waals surface area contributed by atoms with Crippen molar-refractivity contribution in [2.75, 3.05) is 13.1 Å². The van der Waals surface area contributed by atoms with Crippen LogP contribution in [0.2, 0.25) is 5.02 Å². The summed E-state index contributed by atoms with van der Waals surface area (Å²) in [5, 5.41) is 9.54. The first-order chi connectivity index (χ1) is 10.6. The number of aliphatic carboxylic acids is 1. The number of halogens is 2. The van der Waals surface area contributed by atoms with Crippen LogP contribution in [0.4, 0.5) is 0 Å². The van der Waals surface area contributed by atoms with Crippen molar-refractivity contribution >= 4 is 35.9 Å². The van der Waals surface area contributed by atoms with Crippen molar-refractivity contribution in [1.82, 2.24) is 4.90 Å². The van der Waals surface area contributed by atoms with E-state index in [1.807, 2.05) is 18.2 Å². The van der Waals surface area contributed by atoms with Gasteiger partial charge in [-0.25, -0.2) is 0 Å². The summed E-state index contributed by atoms with van der Waals surface area (Å²) >= 11 is 6.11. The SMILES string of the molecule is Cl.O=C(O)C1CCN(C(=O)c2ccc(-c3ccccc3Cl)o2)C1. The van der Waals surface area contributed by atoms with E-state index in [0.29, 0.717) is 29.3 Å². The number of carboxylic acid groups (broad SMARTS) is 1. The molecule has 2 aromatic rings. The van der Waals surface area contributed by atoms with Crippen LogP contribution in [0.3, 0.4) is 0 Å². The number of hydrogen-bond acceptors (Lipinski definition) is 3. The lowest BCUT2D eigenvalue weighted by molar-refractivity contribution is -0.141. The summed E-state index contributed by atoms with van der Waals surface area (Å²) in [4.78, 5) is 24.8. The van der Waals surface area contributed by atoms with Gasteiger partial charge in [0.05, 0.1) is 10.9 Å². The van der Waals surface area contributed by atoms with Crippen molar-refractivity contribution in [3.8, 4) is 11.3 Å². The molecule has 0 spiro atoms. The summed E-state index contributed by atoms with van der Waals surface area (Å²) in [7, 11) is 0. The highest BCUT2D eigenvalue weighted by atomic mass is 35.5. The largest absolute Gasteiger partial charge is 0.481 e. The van der Waals surface area contributed by atoms with E-state index in [4.69, 9.17) is 21.1 Å². The molecule has 1 fully saturated rings. The molecule has 3 rings (SSSR count). The zero-order valence-corrected chi connectivity index (χ0v) is 13.6. The van der Waals surface area contributed by atoms with Gasteiger partial charge in [0.15, 0.2) is 5.76 Å². The first-order valence-electron chi connectivity index (χ1n) is 6.93. The van der Waals surface area contributed by atoms with Gasteiger partial charge in [-0.05, 0) is 30.7 Å². The fourth-order valence-electron chi connectivity index (χ4n) is 2.56. The van der Waals surface area contributed by atoms with Gasteiger partial charge in [-0.1, -0.05) is 23.7 Å². The maximum atomic E-state index is 12.4. The lowest BCUT2D eigenvalue weighted by Gasteiger charge is -2.13. The highest BCUT2D eigenvalue weighted by Crippen LogP contribution is 2.30. The maximum absolute atomic E-state index is 12.4. The van der Waals surface area contributed by atoms with Gasteiger partial charge in [-0.3, -0.25) is 9.59 Å². The van der Waals surface area contributed by atoms with Crippen LogP contribution in [0.1, 0.15) is 17.0 Å². The molecule has 5 nitrogen and oxygen atoms in total. The zero-order chi connectivity index (χ0) is 15.7. The lowest BCUT2D eigenvalue weighted by Crippen LogP contribution is -2.29. The molecule has 7 heteroatoms. The fourth-order valence-corrected chi connectivity index (χ4v) is 2.79. The molecule has 2 heterocycles. The predicted octanol–water partition coefficient (Wildman–Crippen LogP) is 3.57. The Kier molecular flexibility index (Phi) is 5.34. The van der Waals surface area contributed by atoms with Crippen molar-refractivity contribution in [2.45, 2.75) is 6.42 Å². The van der Waals surface area contributed by atoms with Gasteiger partial charge < -0.3 is 14.4 Å². The minimum atomic E-state index is -0.869. The highest BCUT2D eigenvalue weighted by Gasteiger charge is 2.32. The quantitative estimate of drug-likeness (QED) is 0.913. The number of benzene rings is 1. The molecule has 0 saturated carbocycles. The van der Waals surface area contributed by atoms with Gasteiger partial charge in [-0.15, -0.1) is 12.4 Å². The minimum Gasteiger partial charge on any atom is -0.481 e. The second-order valence-corrected chi connectivity index (χ2v) is 5.63. The van der Waals surface area contributed by atoms with E-state index < -0.39 is 11.9 Å². The average molecular weight is 356 g/mol. The fraction of sp³-hybridized carbons (Fsp3) is 0.250. The Morgan fingerprint density at radius 3 is 2.61 bits per heavy atom. The Bertz CT molecular complexity index is 728. The molecular formula is C16H15Cl2NO4. The molecule has 0 radical (unpaired) electrons. The molecule has 1 aliphatic rings. The van der Waals surface area contributed by atoms with Crippen LogP contribution in [0, 0.1) is 5.92 Å². The summed E-state index contributed by atoms with van der Waals surface area (Å²) < 4.78 is 5.60. The monoisotopic (exact) mass is 355 g/mol. The van der Waals surface area contributed by atoms with Crippen LogP contribution in [-0.4, -0.2) is 35.0 Å². The van der Waals surface area contributed by atoms with Gasteiger partial charge in [-0.2, -0.15) is 0 Å². The molecule has 1 aromatic heterocycles. The molecule has 1 aromatic carbocycles. The third-order valence-corrected chi connectivity index (χ3v) is 4.11. The van der Waals surface area contributed by atoms with Gasteiger partial charge in [0.2, 0.25) is 0 Å². The summed E-state index contributed by atoms with van der Waals surface area (Å²) in [5.74, 6) is -0.945. The number of likely N-dealkylation sites (tertiary alicyclic amines) is 1. The molecule has 1 amide bonds. The van der Waals surface area contributed by atoms with Gasteiger partial charge in [0.25, 0.3) is 5.91 Å². The van der Waals surface area contributed by atoms with Crippen molar-refractivity contribution in [2.24, 2.45) is 5.92 Å². The Hall–Kier alpha value is -1.98. The second kappa shape index (κ2) is 7.06. The van der Waals surface area contributed by atoms with E-state index in [1.54, 1.807) is 18.2 Å². The number of nitrogens with zero attached hydrogens (tertiary/aromatic N) is 1. The molecular weight excluding hydrogens is 341 g/mol. The predicted molar refractivity (Wildman–Crippen MR) is 88.0 cm³/mol. The third kappa shape index (κ3) is 3.51. The van der Waals surface area contributed by atoms with E-state index in [-0.39, 0.29) is 30.6 Å². The normalized spacial score (nSPS) is 16.9. The van der Waals surface area contributed by atoms with Gasteiger partial charge in [0.1, 0.15) is 5.76 Å². The van der Waals surface area contributed by atoms with Gasteiger partial charge >= 0.3 is 5.97 Å². The van der Waals surface area contributed by atoms with Crippen LogP contribution in [0.25, 0.3) is 11.3 Å². The average Bonchev–Trinajstić information content (AvgIpc) is 3.17. The number of amides is 1. The Morgan fingerprint density at radius 1 is 1.22 bits per heavy atom. The molecule has 1 atom stereocenters. The van der Waals surface area contributed by atoms with E-state index >= 15 is 0 Å². The molecule has 1 unspecified atom stereocenters. The Balaban J connectivity index is 0.00000192. The van der Waals surface area contributed by atoms with Crippen LogP contribution in [0.5, 0.6) is 0 Å². The van der Waals surface area contributed by atoms with Crippen molar-refractivity contribution in [3.63, 3.8) is 0 Å². The number of carbonyl (C=O) groups is 2. The second-order valence-electron chi connectivity index (χ2n) is 5.22. The van der Waals surface area contributed by atoms with Crippen molar-refractivity contribution in [3.05, 3.63) is 47.2 Å². The molecule has 0 aliphatic carbocycles.